The number of ketones is 3. The number of carbonyl (C=O) groups excluding carboxylic acids is 4. The van der Waals surface area contributed by atoms with Gasteiger partial charge in [0.1, 0.15) is 24.0 Å². The van der Waals surface area contributed by atoms with Crippen LogP contribution in [0.5, 0.6) is 0 Å². The van der Waals surface area contributed by atoms with E-state index in [9.17, 15) is 19.2 Å². The Hall–Kier alpha value is -2.04. The summed E-state index contributed by atoms with van der Waals surface area (Å²) in [5.41, 5.74) is 0. The van der Waals surface area contributed by atoms with Gasteiger partial charge in [-0.15, -0.1) is 6.42 Å². The molecule has 7 nitrogen and oxygen atoms in total. The molecule has 7 heteroatoms. The topological polar surface area (TPSA) is 98.8 Å². The van der Waals surface area contributed by atoms with Crippen LogP contribution in [0.1, 0.15) is 48.0 Å². The first-order valence-corrected chi connectivity index (χ1v) is 8.17. The molecule has 0 aromatic carbocycles. The van der Waals surface area contributed by atoms with Crippen molar-refractivity contribution >= 4 is 23.3 Å². The van der Waals surface area contributed by atoms with Crippen molar-refractivity contribution in [2.75, 3.05) is 6.61 Å². The van der Waals surface area contributed by atoms with Gasteiger partial charge >= 0.3 is 0 Å². The average Bonchev–Trinajstić information content (AvgIpc) is 2.50. The van der Waals surface area contributed by atoms with Crippen LogP contribution in [-0.4, -0.2) is 48.3 Å². The summed E-state index contributed by atoms with van der Waals surface area (Å²) in [6, 6.07) is -0.828. The molecule has 2 unspecified atom stereocenters. The summed E-state index contributed by atoms with van der Waals surface area (Å²) in [6.07, 6.45) is 4.07. The normalized spacial score (nSPS) is 27.6. The van der Waals surface area contributed by atoms with Crippen LogP contribution in [0.4, 0.5) is 0 Å². The van der Waals surface area contributed by atoms with Crippen LogP contribution in [0.15, 0.2) is 0 Å². The Bertz CT molecular complexity index is 579. The number of nitrogens with one attached hydrogen (secondary N) is 1. The maximum absolute atomic E-state index is 12.3. The van der Waals surface area contributed by atoms with Crippen molar-refractivity contribution in [1.29, 1.82) is 0 Å². The largest absolute Gasteiger partial charge is 0.348 e. The predicted octanol–water partition coefficient (Wildman–Crippen LogP) is 1.28. The molecule has 146 valence electrons. The molecule has 1 heterocycles. The van der Waals surface area contributed by atoms with Gasteiger partial charge in [-0.3, -0.25) is 14.4 Å². The van der Waals surface area contributed by atoms with Crippen LogP contribution in [0.25, 0.3) is 0 Å². The van der Waals surface area contributed by atoms with Gasteiger partial charge in [-0.05, 0) is 27.2 Å². The van der Waals surface area contributed by atoms with Crippen LogP contribution < -0.4 is 5.32 Å². The minimum absolute atomic E-state index is 0. The minimum atomic E-state index is -0.971. The van der Waals surface area contributed by atoms with Crippen LogP contribution in [0.3, 0.4) is 0 Å². The van der Waals surface area contributed by atoms with E-state index in [4.69, 9.17) is 15.9 Å². The van der Waals surface area contributed by atoms with Gasteiger partial charge in [0.05, 0.1) is 24.0 Å². The molecule has 0 radical (unpaired) electrons. The molecule has 1 saturated heterocycles. The summed E-state index contributed by atoms with van der Waals surface area (Å²) >= 11 is 0. The highest BCUT2D eigenvalue weighted by molar-refractivity contribution is 5.89. The van der Waals surface area contributed by atoms with Crippen LogP contribution >= 0.6 is 0 Å². The third-order valence-electron chi connectivity index (χ3n) is 4.20. The van der Waals surface area contributed by atoms with Gasteiger partial charge in [0, 0.05) is 13.3 Å². The van der Waals surface area contributed by atoms with Gasteiger partial charge in [-0.2, -0.15) is 0 Å². The molecule has 1 rings (SSSR count). The number of Topliss-reactive ketones (excluding diaryl/α,β-unsaturated/α-hetero) is 3. The van der Waals surface area contributed by atoms with Crippen LogP contribution in [0, 0.1) is 24.2 Å². The average molecular weight is 367 g/mol. The highest BCUT2D eigenvalue weighted by Gasteiger charge is 2.50. The number of carbonyl (C=O) groups is 4. The van der Waals surface area contributed by atoms with Crippen molar-refractivity contribution < 1.29 is 28.7 Å². The summed E-state index contributed by atoms with van der Waals surface area (Å²) in [6.45, 7) is 5.41. The molecule has 0 aromatic rings. The number of hydrogen-bond acceptors (Lipinski definition) is 6. The Balaban J connectivity index is 0.00000625. The van der Waals surface area contributed by atoms with Crippen molar-refractivity contribution in [1.82, 2.24) is 5.32 Å². The van der Waals surface area contributed by atoms with E-state index >= 15 is 0 Å². The zero-order valence-electron chi connectivity index (χ0n) is 15.0. The number of hydrogen-bond donors (Lipinski definition) is 1. The summed E-state index contributed by atoms with van der Waals surface area (Å²) < 4.78 is 11.3. The van der Waals surface area contributed by atoms with Gasteiger partial charge in [0.25, 0.3) is 0 Å². The third kappa shape index (κ3) is 6.36. The number of rotatable bonds is 8. The van der Waals surface area contributed by atoms with Crippen molar-refractivity contribution in [3.05, 3.63) is 0 Å². The summed E-state index contributed by atoms with van der Waals surface area (Å²) in [5, 5.41) is 2.64. The minimum Gasteiger partial charge on any atom is -0.348 e. The summed E-state index contributed by atoms with van der Waals surface area (Å²) in [5.74, 6) is -0.182. The Morgan fingerprint density at radius 3 is 2.08 bits per heavy atom. The quantitative estimate of drug-likeness (QED) is 0.649. The number of ether oxygens (including phenoxy) is 2. The van der Waals surface area contributed by atoms with E-state index in [-0.39, 0.29) is 50.1 Å². The lowest BCUT2D eigenvalue weighted by Crippen LogP contribution is -2.62. The molecule has 1 amide bonds. The molecule has 1 N–H and O–H groups in total. The van der Waals surface area contributed by atoms with Gasteiger partial charge in [0.2, 0.25) is 5.91 Å². The second kappa shape index (κ2) is 10.8. The van der Waals surface area contributed by atoms with Gasteiger partial charge in [-0.25, -0.2) is 0 Å². The van der Waals surface area contributed by atoms with Crippen molar-refractivity contribution in [2.24, 2.45) is 11.8 Å². The van der Waals surface area contributed by atoms with E-state index in [1.165, 1.54) is 27.7 Å². The highest BCUT2D eigenvalue weighted by atomic mass is 16.7. The maximum atomic E-state index is 12.3. The third-order valence-corrected chi connectivity index (χ3v) is 4.20. The summed E-state index contributed by atoms with van der Waals surface area (Å²) in [4.78, 5) is 47.4. The van der Waals surface area contributed by atoms with Crippen molar-refractivity contribution in [2.45, 2.75) is 66.4 Å². The van der Waals surface area contributed by atoms with E-state index in [0.29, 0.717) is 0 Å². The molecule has 0 bridgehead atoms. The van der Waals surface area contributed by atoms with Gasteiger partial charge in [-0.1, -0.05) is 13.3 Å². The zero-order valence-corrected chi connectivity index (χ0v) is 15.0. The molecule has 0 aromatic heterocycles. The van der Waals surface area contributed by atoms with Gasteiger partial charge in [0.15, 0.2) is 6.29 Å². The SMILES string of the molecule is C.C#CCO[C@@H]1OC(CCC(C)=O)[C@@H](C(C)=O)C(C(C)=O)[C@@H]1NC(C)=O. The van der Waals surface area contributed by atoms with E-state index in [2.05, 4.69) is 11.2 Å². The highest BCUT2D eigenvalue weighted by Crippen LogP contribution is 2.35. The van der Waals surface area contributed by atoms with E-state index in [1.807, 2.05) is 0 Å². The lowest BCUT2D eigenvalue weighted by atomic mass is 9.74. The Labute approximate surface area is 155 Å². The lowest BCUT2D eigenvalue weighted by Gasteiger charge is -2.45. The standard InChI is InChI=1S/C18H25NO6.CH4/c1-6-9-24-18-17(19-13(5)23)16(12(4)22)15(11(3)21)14(25-18)8-7-10(2)20;/h1,14-18H,7-9H2,2-5H3,(H,19,23);1H4/t14?,15-,16?,17+,18-;/m1./s1. The molecular formula is C19H29NO6. The second-order valence-corrected chi connectivity index (χ2v) is 6.30. The second-order valence-electron chi connectivity index (χ2n) is 6.30. The Kier molecular flexibility index (Phi) is 9.99. The fraction of sp³-hybridized carbons (Fsp3) is 0.684. The number of amides is 1. The summed E-state index contributed by atoms with van der Waals surface area (Å²) in [7, 11) is 0. The smallest absolute Gasteiger partial charge is 0.217 e. The molecule has 1 fully saturated rings. The first-order valence-electron chi connectivity index (χ1n) is 8.17. The Morgan fingerprint density at radius 2 is 1.65 bits per heavy atom. The van der Waals surface area contributed by atoms with Crippen LogP contribution in [-0.2, 0) is 28.7 Å². The molecule has 0 spiro atoms. The lowest BCUT2D eigenvalue weighted by molar-refractivity contribution is -0.232. The molecular weight excluding hydrogens is 338 g/mol. The zero-order chi connectivity index (χ0) is 19.1. The number of terminal acetylenes is 1. The molecule has 0 aliphatic carbocycles. The predicted molar refractivity (Wildman–Crippen MR) is 96.0 cm³/mol. The molecule has 1 aliphatic rings. The first-order chi connectivity index (χ1) is 11.7. The molecule has 1 aliphatic heterocycles. The maximum Gasteiger partial charge on any atom is 0.217 e. The fourth-order valence-corrected chi connectivity index (χ4v) is 3.24. The monoisotopic (exact) mass is 367 g/mol. The fourth-order valence-electron chi connectivity index (χ4n) is 3.24. The van der Waals surface area contributed by atoms with Crippen LogP contribution in [0.2, 0.25) is 0 Å². The van der Waals surface area contributed by atoms with E-state index < -0.39 is 30.3 Å². The van der Waals surface area contributed by atoms with Gasteiger partial charge < -0.3 is 19.6 Å². The molecule has 0 saturated carbocycles. The first kappa shape index (κ1) is 24.0. The van der Waals surface area contributed by atoms with Crippen molar-refractivity contribution in [3.63, 3.8) is 0 Å². The molecule has 5 atom stereocenters. The van der Waals surface area contributed by atoms with E-state index in [1.54, 1.807) is 0 Å². The van der Waals surface area contributed by atoms with E-state index in [0.717, 1.165) is 0 Å². The van der Waals surface area contributed by atoms with Crippen molar-refractivity contribution in [3.8, 4) is 12.3 Å². The Morgan fingerprint density at radius 1 is 1.08 bits per heavy atom. The molecule has 26 heavy (non-hydrogen) atoms.